The van der Waals surface area contributed by atoms with Gasteiger partial charge in [0.2, 0.25) is 0 Å². The minimum absolute atomic E-state index is 0.108. The molecule has 6 heteroatoms. The van der Waals surface area contributed by atoms with Crippen LogP contribution in [0.5, 0.6) is 11.5 Å². The second-order valence-electron chi connectivity index (χ2n) is 3.69. The highest BCUT2D eigenvalue weighted by Gasteiger charge is 2.16. The van der Waals surface area contributed by atoms with Crippen LogP contribution in [0.4, 0.5) is 0 Å². The Bertz CT molecular complexity index is 458. The molecule has 0 fully saturated rings. The third kappa shape index (κ3) is 2.98. The zero-order valence-corrected chi connectivity index (χ0v) is 10.2. The molecule has 3 N–H and O–H groups in total. The number of aldehydes is 1. The van der Waals surface area contributed by atoms with E-state index in [1.807, 2.05) is 0 Å². The van der Waals surface area contributed by atoms with Crippen molar-refractivity contribution in [2.24, 2.45) is 5.73 Å². The molecule has 0 aromatic heterocycles. The average Bonchev–Trinajstić information content (AvgIpc) is 2.37. The number of nitrogens with two attached hydrogens (primary N) is 1. The Balaban J connectivity index is 3.15. The first kappa shape index (κ1) is 14.0. The minimum atomic E-state index is -1.10. The summed E-state index contributed by atoms with van der Waals surface area (Å²) < 4.78 is 10.2. The van der Waals surface area contributed by atoms with Crippen LogP contribution in [0.1, 0.15) is 15.9 Å². The number of methoxy groups -OCH3 is 2. The lowest BCUT2D eigenvalue weighted by Crippen LogP contribution is -2.32. The molecule has 98 valence electrons. The highest BCUT2D eigenvalue weighted by atomic mass is 16.5. The van der Waals surface area contributed by atoms with Crippen molar-refractivity contribution in [2.75, 3.05) is 14.2 Å². The monoisotopic (exact) mass is 253 g/mol. The second-order valence-corrected chi connectivity index (χ2v) is 3.69. The van der Waals surface area contributed by atoms with Crippen LogP contribution in [-0.4, -0.2) is 37.6 Å². The van der Waals surface area contributed by atoms with Gasteiger partial charge in [0.1, 0.15) is 6.04 Å². The maximum atomic E-state index is 10.9. The Morgan fingerprint density at radius 1 is 1.44 bits per heavy atom. The number of hydrogen-bond donors (Lipinski definition) is 2. The van der Waals surface area contributed by atoms with E-state index < -0.39 is 12.0 Å². The lowest BCUT2D eigenvalue weighted by atomic mass is 10.0. The Hall–Kier alpha value is -2.08. The molecular formula is C12H15NO5. The SMILES string of the molecule is COc1cc(CC(N)C(=O)O)cc(C=O)c1OC. The smallest absolute Gasteiger partial charge is 0.320 e. The van der Waals surface area contributed by atoms with Crippen LogP contribution in [0, 0.1) is 0 Å². The van der Waals surface area contributed by atoms with Crippen molar-refractivity contribution < 1.29 is 24.2 Å². The van der Waals surface area contributed by atoms with Gasteiger partial charge in [-0.25, -0.2) is 0 Å². The predicted molar refractivity (Wildman–Crippen MR) is 64.2 cm³/mol. The van der Waals surface area contributed by atoms with Crippen molar-refractivity contribution >= 4 is 12.3 Å². The molecule has 18 heavy (non-hydrogen) atoms. The van der Waals surface area contributed by atoms with Gasteiger partial charge in [0, 0.05) is 0 Å². The first-order valence-corrected chi connectivity index (χ1v) is 5.22. The molecule has 0 amide bonds. The Morgan fingerprint density at radius 3 is 2.56 bits per heavy atom. The minimum Gasteiger partial charge on any atom is -0.493 e. The van der Waals surface area contributed by atoms with Gasteiger partial charge < -0.3 is 20.3 Å². The highest BCUT2D eigenvalue weighted by molar-refractivity contribution is 5.82. The molecule has 1 atom stereocenters. The van der Waals surface area contributed by atoms with E-state index in [1.54, 1.807) is 6.07 Å². The van der Waals surface area contributed by atoms with E-state index in [9.17, 15) is 9.59 Å². The number of aliphatic carboxylic acids is 1. The van der Waals surface area contributed by atoms with Crippen LogP contribution in [0.25, 0.3) is 0 Å². The molecule has 6 nitrogen and oxygen atoms in total. The fourth-order valence-corrected chi connectivity index (χ4v) is 1.60. The van der Waals surface area contributed by atoms with E-state index >= 15 is 0 Å². The van der Waals surface area contributed by atoms with Gasteiger partial charge in [-0.15, -0.1) is 0 Å². The first-order chi connectivity index (χ1) is 8.53. The summed E-state index contributed by atoms with van der Waals surface area (Å²) in [4.78, 5) is 21.6. The molecule has 0 saturated carbocycles. The Morgan fingerprint density at radius 2 is 2.11 bits per heavy atom. The van der Waals surface area contributed by atoms with Gasteiger partial charge in [0.25, 0.3) is 0 Å². The zero-order valence-electron chi connectivity index (χ0n) is 10.2. The third-order valence-corrected chi connectivity index (χ3v) is 2.47. The zero-order chi connectivity index (χ0) is 13.7. The fourth-order valence-electron chi connectivity index (χ4n) is 1.60. The van der Waals surface area contributed by atoms with Crippen molar-refractivity contribution in [3.63, 3.8) is 0 Å². The summed E-state index contributed by atoms with van der Waals surface area (Å²) in [5, 5.41) is 8.75. The molecule has 0 aliphatic heterocycles. The van der Waals surface area contributed by atoms with E-state index in [4.69, 9.17) is 20.3 Å². The van der Waals surface area contributed by atoms with E-state index in [1.165, 1.54) is 20.3 Å². The largest absolute Gasteiger partial charge is 0.493 e. The van der Waals surface area contributed by atoms with Crippen LogP contribution >= 0.6 is 0 Å². The van der Waals surface area contributed by atoms with Crippen LogP contribution < -0.4 is 15.2 Å². The van der Waals surface area contributed by atoms with Crippen LogP contribution in [0.15, 0.2) is 12.1 Å². The normalized spacial score (nSPS) is 11.7. The van der Waals surface area contributed by atoms with Gasteiger partial charge in [-0.05, 0) is 24.1 Å². The summed E-state index contributed by atoms with van der Waals surface area (Å²) in [5.74, 6) is -0.410. The molecule has 0 aliphatic carbocycles. The average molecular weight is 253 g/mol. The summed E-state index contributed by atoms with van der Waals surface area (Å²) in [6.07, 6.45) is 0.730. The van der Waals surface area contributed by atoms with Crippen LogP contribution in [0.3, 0.4) is 0 Å². The number of carboxylic acid groups (broad SMARTS) is 1. The number of ether oxygens (including phenoxy) is 2. The maximum absolute atomic E-state index is 10.9. The number of carbonyl (C=O) groups is 2. The van der Waals surface area contributed by atoms with Crippen LogP contribution in [-0.2, 0) is 11.2 Å². The van der Waals surface area contributed by atoms with E-state index in [0.717, 1.165) is 0 Å². The van der Waals surface area contributed by atoms with Crippen molar-refractivity contribution in [2.45, 2.75) is 12.5 Å². The number of hydrogen-bond acceptors (Lipinski definition) is 5. The van der Waals surface area contributed by atoms with Crippen molar-refractivity contribution in [1.82, 2.24) is 0 Å². The Labute approximate surface area is 104 Å². The number of rotatable bonds is 6. The molecule has 0 heterocycles. The van der Waals surface area contributed by atoms with E-state index in [-0.39, 0.29) is 6.42 Å². The first-order valence-electron chi connectivity index (χ1n) is 5.22. The molecule has 1 aromatic carbocycles. The highest BCUT2D eigenvalue weighted by Crippen LogP contribution is 2.31. The molecule has 0 spiro atoms. The molecule has 0 aliphatic rings. The fraction of sp³-hybridized carbons (Fsp3) is 0.333. The van der Waals surface area contributed by atoms with Gasteiger partial charge >= 0.3 is 5.97 Å². The summed E-state index contributed by atoms with van der Waals surface area (Å²) >= 11 is 0. The maximum Gasteiger partial charge on any atom is 0.320 e. The molecule has 0 radical (unpaired) electrons. The Kier molecular flexibility index (Phi) is 4.67. The molecule has 1 aromatic rings. The molecule has 0 bridgehead atoms. The van der Waals surface area contributed by atoms with Gasteiger partial charge in [0.05, 0.1) is 19.8 Å². The van der Waals surface area contributed by atoms with Gasteiger partial charge in [0.15, 0.2) is 17.8 Å². The lowest BCUT2D eigenvalue weighted by molar-refractivity contribution is -0.138. The summed E-state index contributed by atoms with van der Waals surface area (Å²) in [5.41, 5.74) is 6.34. The number of benzene rings is 1. The van der Waals surface area contributed by atoms with E-state index in [2.05, 4.69) is 0 Å². The molecular weight excluding hydrogens is 238 g/mol. The van der Waals surface area contributed by atoms with Gasteiger partial charge in [-0.3, -0.25) is 9.59 Å². The standard InChI is InChI=1S/C12H15NO5/c1-17-10-5-7(4-9(13)12(15)16)3-8(6-14)11(10)18-2/h3,5-6,9H,4,13H2,1-2H3,(H,15,16). The van der Waals surface area contributed by atoms with Crippen molar-refractivity contribution in [3.8, 4) is 11.5 Å². The van der Waals surface area contributed by atoms with Gasteiger partial charge in [-0.2, -0.15) is 0 Å². The van der Waals surface area contributed by atoms with Gasteiger partial charge in [-0.1, -0.05) is 0 Å². The summed E-state index contributed by atoms with van der Waals surface area (Å²) in [6, 6.07) is 2.12. The quantitative estimate of drug-likeness (QED) is 0.715. The molecule has 1 rings (SSSR count). The number of carbonyl (C=O) groups excluding carboxylic acids is 1. The van der Waals surface area contributed by atoms with E-state index in [0.29, 0.717) is 28.9 Å². The summed E-state index contributed by atoms with van der Waals surface area (Å²) in [6.45, 7) is 0. The van der Waals surface area contributed by atoms with Crippen LogP contribution in [0.2, 0.25) is 0 Å². The van der Waals surface area contributed by atoms with Crippen molar-refractivity contribution in [1.29, 1.82) is 0 Å². The predicted octanol–water partition coefficient (Wildman–Crippen LogP) is 0.471. The number of carboxylic acids is 1. The topological polar surface area (TPSA) is 98.9 Å². The molecule has 0 saturated heterocycles. The lowest BCUT2D eigenvalue weighted by Gasteiger charge is -2.13. The summed E-state index contributed by atoms with van der Waals surface area (Å²) in [7, 11) is 2.86. The molecule has 1 unspecified atom stereocenters. The third-order valence-electron chi connectivity index (χ3n) is 2.47. The van der Waals surface area contributed by atoms with Crippen molar-refractivity contribution in [3.05, 3.63) is 23.3 Å². The second kappa shape index (κ2) is 6.02.